The van der Waals surface area contributed by atoms with Gasteiger partial charge in [0.1, 0.15) is 0 Å². The van der Waals surface area contributed by atoms with E-state index in [9.17, 15) is 0 Å². The molecule has 0 atom stereocenters. The number of aliphatic carboxylic acids is 2. The van der Waals surface area contributed by atoms with Crippen LogP contribution in [0.4, 0.5) is 0 Å². The highest BCUT2D eigenvalue weighted by atomic mass is 35.5. The highest BCUT2D eigenvalue weighted by Gasteiger charge is 2.05. The molecule has 2 N–H and O–H groups in total. The van der Waals surface area contributed by atoms with Crippen LogP contribution in [0.1, 0.15) is 12.0 Å². The maximum atomic E-state index is 9.10. The molecule has 0 aliphatic carbocycles. The third-order valence-corrected chi connectivity index (χ3v) is 3.35. The Morgan fingerprint density at radius 2 is 1.67 bits per heavy atom. The molecule has 0 radical (unpaired) electrons. The highest BCUT2D eigenvalue weighted by Crippen LogP contribution is 2.27. The molecular formula is C16H24ClNO6. The lowest BCUT2D eigenvalue weighted by Gasteiger charge is -2.16. The fraction of sp³-hybridized carbons (Fsp3) is 0.500. The molecule has 1 aromatic carbocycles. The molecular weight excluding hydrogens is 338 g/mol. The molecule has 0 aromatic heterocycles. The number of methoxy groups -OCH3 is 2. The van der Waals surface area contributed by atoms with Crippen LogP contribution in [0.25, 0.3) is 0 Å². The smallest absolute Gasteiger partial charge is 0.414 e. The van der Waals surface area contributed by atoms with Gasteiger partial charge < -0.3 is 24.6 Å². The minimum Gasteiger partial charge on any atom is -0.493 e. The molecule has 1 rings (SSSR count). The third-order valence-electron chi connectivity index (χ3n) is 3.09. The van der Waals surface area contributed by atoms with Gasteiger partial charge in [0.25, 0.3) is 0 Å². The fourth-order valence-corrected chi connectivity index (χ4v) is 1.92. The number of likely N-dealkylation sites (N-methyl/N-ethyl adjacent to an activating group) is 1. The monoisotopic (exact) mass is 361 g/mol. The molecule has 0 aliphatic heterocycles. The van der Waals surface area contributed by atoms with E-state index >= 15 is 0 Å². The first-order valence-corrected chi connectivity index (χ1v) is 7.80. The fourth-order valence-electron chi connectivity index (χ4n) is 1.80. The topological polar surface area (TPSA) is 96.3 Å². The van der Waals surface area contributed by atoms with Crippen LogP contribution in [0.3, 0.4) is 0 Å². The zero-order valence-electron chi connectivity index (χ0n) is 14.1. The minimum atomic E-state index is -1.82. The molecule has 8 heteroatoms. The first-order valence-electron chi connectivity index (χ1n) is 7.27. The summed E-state index contributed by atoms with van der Waals surface area (Å²) in [5, 5.41) is 14.8. The second-order valence-corrected chi connectivity index (χ2v) is 5.27. The zero-order chi connectivity index (χ0) is 18.5. The van der Waals surface area contributed by atoms with Crippen LogP contribution in [0, 0.1) is 0 Å². The summed E-state index contributed by atoms with van der Waals surface area (Å²) in [6, 6.07) is 6.07. The van der Waals surface area contributed by atoms with Crippen LogP contribution in [0.2, 0.25) is 0 Å². The Hall–Kier alpha value is -1.99. The number of hydrogen-bond donors (Lipinski definition) is 2. The second-order valence-electron chi connectivity index (χ2n) is 4.90. The molecule has 7 nitrogen and oxygen atoms in total. The van der Waals surface area contributed by atoms with E-state index in [2.05, 4.69) is 18.0 Å². The van der Waals surface area contributed by atoms with Gasteiger partial charge in [-0.25, -0.2) is 9.59 Å². The van der Waals surface area contributed by atoms with Crippen molar-refractivity contribution in [2.45, 2.75) is 12.8 Å². The number of halogens is 1. The van der Waals surface area contributed by atoms with Crippen molar-refractivity contribution in [3.05, 3.63) is 23.8 Å². The molecule has 24 heavy (non-hydrogen) atoms. The van der Waals surface area contributed by atoms with Gasteiger partial charge in [-0.1, -0.05) is 6.07 Å². The largest absolute Gasteiger partial charge is 0.493 e. The number of nitrogens with zero attached hydrogens (tertiary/aromatic N) is 1. The predicted octanol–water partition coefficient (Wildman–Crippen LogP) is 1.96. The lowest BCUT2D eigenvalue weighted by Crippen LogP contribution is -2.22. The first-order chi connectivity index (χ1) is 11.3. The van der Waals surface area contributed by atoms with Gasteiger partial charge in [-0.2, -0.15) is 0 Å². The van der Waals surface area contributed by atoms with Crippen molar-refractivity contribution < 1.29 is 29.3 Å². The van der Waals surface area contributed by atoms with E-state index in [0.717, 1.165) is 43.3 Å². The molecule has 0 saturated carbocycles. The predicted molar refractivity (Wildman–Crippen MR) is 91.4 cm³/mol. The van der Waals surface area contributed by atoms with E-state index in [0.29, 0.717) is 0 Å². The van der Waals surface area contributed by atoms with Gasteiger partial charge in [0.15, 0.2) is 11.5 Å². The molecule has 136 valence electrons. The average molecular weight is 362 g/mol. The molecule has 0 bridgehead atoms. The first kappa shape index (κ1) is 22.0. The molecule has 1 aromatic rings. The van der Waals surface area contributed by atoms with Crippen molar-refractivity contribution in [3.63, 3.8) is 0 Å². The number of alkyl halides is 1. The van der Waals surface area contributed by atoms with Gasteiger partial charge in [0.05, 0.1) is 14.2 Å². The van der Waals surface area contributed by atoms with E-state index in [1.165, 1.54) is 5.56 Å². The SMILES string of the molecule is COc1ccc(CCN(C)CCCCl)cc1OC.O=C(O)C(=O)O. The van der Waals surface area contributed by atoms with Gasteiger partial charge in [-0.05, 0) is 44.1 Å². The Kier molecular flexibility index (Phi) is 11.4. The molecule has 0 spiro atoms. The van der Waals surface area contributed by atoms with Gasteiger partial charge in [-0.3, -0.25) is 0 Å². The molecule has 0 unspecified atom stereocenters. The van der Waals surface area contributed by atoms with Crippen molar-refractivity contribution in [3.8, 4) is 11.5 Å². The quantitative estimate of drug-likeness (QED) is 0.539. The van der Waals surface area contributed by atoms with E-state index in [4.69, 9.17) is 40.9 Å². The second kappa shape index (κ2) is 12.4. The maximum Gasteiger partial charge on any atom is 0.414 e. The van der Waals surface area contributed by atoms with Crippen molar-refractivity contribution >= 4 is 23.5 Å². The van der Waals surface area contributed by atoms with Crippen LogP contribution < -0.4 is 9.47 Å². The standard InChI is InChI=1S/C14H22ClNO2.C2H2O4/c1-16(9-4-8-15)10-7-12-5-6-13(17-2)14(11-12)18-3;3-1(4)2(5)6/h5-6,11H,4,7-10H2,1-3H3;(H,3,4)(H,5,6). The molecule has 0 saturated heterocycles. The summed E-state index contributed by atoms with van der Waals surface area (Å²) in [5.41, 5.74) is 1.25. The Morgan fingerprint density at radius 3 is 2.12 bits per heavy atom. The summed E-state index contributed by atoms with van der Waals surface area (Å²) in [6.45, 7) is 2.06. The molecule has 0 aliphatic rings. The minimum absolute atomic E-state index is 0.723. The number of benzene rings is 1. The van der Waals surface area contributed by atoms with Gasteiger partial charge in [0, 0.05) is 12.4 Å². The van der Waals surface area contributed by atoms with Crippen LogP contribution >= 0.6 is 11.6 Å². The van der Waals surface area contributed by atoms with E-state index < -0.39 is 11.9 Å². The van der Waals surface area contributed by atoms with Crippen LogP contribution in [0.5, 0.6) is 11.5 Å². The lowest BCUT2D eigenvalue weighted by molar-refractivity contribution is -0.159. The zero-order valence-corrected chi connectivity index (χ0v) is 14.9. The maximum absolute atomic E-state index is 9.10. The lowest BCUT2D eigenvalue weighted by atomic mass is 10.1. The number of ether oxygens (including phenoxy) is 2. The Labute approximate surface area is 146 Å². The summed E-state index contributed by atoms with van der Waals surface area (Å²) in [7, 11) is 5.43. The molecule has 0 heterocycles. The van der Waals surface area contributed by atoms with Crippen LogP contribution in [0.15, 0.2) is 18.2 Å². The Bertz CT molecular complexity index is 511. The third kappa shape index (κ3) is 9.22. The van der Waals surface area contributed by atoms with Gasteiger partial charge in [-0.15, -0.1) is 11.6 Å². The Morgan fingerprint density at radius 1 is 1.08 bits per heavy atom. The number of carboxylic acids is 2. The van der Waals surface area contributed by atoms with Crippen LogP contribution in [-0.2, 0) is 16.0 Å². The van der Waals surface area contributed by atoms with Crippen molar-refractivity contribution in [1.29, 1.82) is 0 Å². The number of carbonyl (C=O) groups is 2. The summed E-state index contributed by atoms with van der Waals surface area (Å²) >= 11 is 5.68. The summed E-state index contributed by atoms with van der Waals surface area (Å²) in [4.78, 5) is 20.5. The molecule has 0 fully saturated rings. The number of carboxylic acid groups (broad SMARTS) is 2. The Balaban J connectivity index is 0.000000754. The van der Waals surface area contributed by atoms with E-state index in [1.54, 1.807) is 14.2 Å². The van der Waals surface area contributed by atoms with Crippen molar-refractivity contribution in [2.75, 3.05) is 40.2 Å². The number of rotatable bonds is 8. The average Bonchev–Trinajstić information content (AvgIpc) is 2.58. The normalized spacial score (nSPS) is 9.88. The molecule has 0 amide bonds. The highest BCUT2D eigenvalue weighted by molar-refractivity contribution is 6.27. The summed E-state index contributed by atoms with van der Waals surface area (Å²) in [6.07, 6.45) is 2.03. The van der Waals surface area contributed by atoms with Crippen LogP contribution in [-0.4, -0.2) is 67.3 Å². The van der Waals surface area contributed by atoms with E-state index in [1.807, 2.05) is 12.1 Å². The summed E-state index contributed by atoms with van der Waals surface area (Å²) in [5.74, 6) is -1.36. The van der Waals surface area contributed by atoms with Crippen molar-refractivity contribution in [2.24, 2.45) is 0 Å². The van der Waals surface area contributed by atoms with Gasteiger partial charge in [0.2, 0.25) is 0 Å². The van der Waals surface area contributed by atoms with Crippen molar-refractivity contribution in [1.82, 2.24) is 4.90 Å². The van der Waals surface area contributed by atoms with E-state index in [-0.39, 0.29) is 0 Å². The summed E-state index contributed by atoms with van der Waals surface area (Å²) < 4.78 is 10.5. The number of hydrogen-bond acceptors (Lipinski definition) is 5. The van der Waals surface area contributed by atoms with Gasteiger partial charge >= 0.3 is 11.9 Å².